The van der Waals surface area contributed by atoms with Crippen molar-refractivity contribution in [2.45, 2.75) is 57.1 Å². The fourth-order valence-electron chi connectivity index (χ4n) is 4.03. The molecule has 0 spiro atoms. The number of alkyl halides is 3. The van der Waals surface area contributed by atoms with Gasteiger partial charge in [-0.2, -0.15) is 0 Å². The number of carboxylic acids is 1. The van der Waals surface area contributed by atoms with E-state index in [-0.39, 0.29) is 11.8 Å². The minimum atomic E-state index is -4.71. The largest absolute Gasteiger partial charge is 0.573 e. The molecule has 4 nitrogen and oxygen atoms in total. The number of aliphatic carboxylic acids is 1. The van der Waals surface area contributed by atoms with Crippen LogP contribution in [0.4, 0.5) is 13.2 Å². The van der Waals surface area contributed by atoms with Gasteiger partial charge in [0.05, 0.1) is 0 Å². The van der Waals surface area contributed by atoms with Crippen LogP contribution in [0, 0.1) is 5.92 Å². The molecule has 1 N–H and O–H groups in total. The van der Waals surface area contributed by atoms with Crippen LogP contribution in [0.15, 0.2) is 24.3 Å². The lowest BCUT2D eigenvalue weighted by molar-refractivity contribution is -0.274. The summed E-state index contributed by atoms with van der Waals surface area (Å²) in [5, 5.41) is 9.49. The van der Waals surface area contributed by atoms with Crippen LogP contribution in [0.3, 0.4) is 0 Å². The second kappa shape index (κ2) is 6.63. The van der Waals surface area contributed by atoms with Crippen molar-refractivity contribution >= 4 is 5.97 Å². The maximum absolute atomic E-state index is 12.2. The van der Waals surface area contributed by atoms with E-state index < -0.39 is 18.4 Å². The van der Waals surface area contributed by atoms with Crippen molar-refractivity contribution in [1.82, 2.24) is 4.90 Å². The molecule has 24 heavy (non-hydrogen) atoms. The molecule has 1 aliphatic carbocycles. The second-order valence-corrected chi connectivity index (χ2v) is 6.57. The molecule has 1 aliphatic heterocycles. The summed E-state index contributed by atoms with van der Waals surface area (Å²) in [5.74, 6) is -0.674. The standard InChI is InChI=1S/C17H20F3NO3/c18-17(19,20)24-13-7-5-11(6-8-13)10-21-14-4-2-1-3-12(14)9-15(21)16(22)23/h5-8,12,14-15H,1-4,9-10H2,(H,22,23)/t12-,14+,15-/m0/s1. The SMILES string of the molecule is O=C(O)[C@@H]1C[C@@H]2CCCC[C@H]2N1Cc1ccc(OC(F)(F)F)cc1. The van der Waals surface area contributed by atoms with Gasteiger partial charge in [-0.05, 0) is 42.9 Å². The van der Waals surface area contributed by atoms with Crippen LogP contribution in [-0.2, 0) is 11.3 Å². The third kappa shape index (κ3) is 3.83. The Bertz CT molecular complexity index is 588. The van der Waals surface area contributed by atoms with Gasteiger partial charge in [-0.25, -0.2) is 0 Å². The summed E-state index contributed by atoms with van der Waals surface area (Å²) in [6.45, 7) is 0.435. The molecule has 132 valence electrons. The van der Waals surface area contributed by atoms with E-state index in [2.05, 4.69) is 4.74 Å². The van der Waals surface area contributed by atoms with E-state index >= 15 is 0 Å². The summed E-state index contributed by atoms with van der Waals surface area (Å²) in [7, 11) is 0. The Morgan fingerprint density at radius 1 is 1.21 bits per heavy atom. The predicted octanol–water partition coefficient (Wildman–Crippen LogP) is 3.80. The van der Waals surface area contributed by atoms with Crippen LogP contribution >= 0.6 is 0 Å². The van der Waals surface area contributed by atoms with Gasteiger partial charge in [0.15, 0.2) is 0 Å². The first-order valence-corrected chi connectivity index (χ1v) is 8.17. The average Bonchev–Trinajstić information content (AvgIpc) is 2.87. The van der Waals surface area contributed by atoms with Crippen molar-refractivity contribution in [2.24, 2.45) is 5.92 Å². The maximum Gasteiger partial charge on any atom is 0.573 e. The number of carbonyl (C=O) groups is 1. The number of fused-ring (bicyclic) bond motifs is 1. The number of ether oxygens (including phenoxy) is 1. The summed E-state index contributed by atoms with van der Waals surface area (Å²) >= 11 is 0. The molecular weight excluding hydrogens is 323 g/mol. The van der Waals surface area contributed by atoms with Crippen molar-refractivity contribution in [3.63, 3.8) is 0 Å². The average molecular weight is 343 g/mol. The molecule has 0 bridgehead atoms. The van der Waals surface area contributed by atoms with E-state index in [1.807, 2.05) is 4.90 Å². The second-order valence-electron chi connectivity index (χ2n) is 6.57. The number of carboxylic acid groups (broad SMARTS) is 1. The third-order valence-corrected chi connectivity index (χ3v) is 5.03. The Hall–Kier alpha value is -1.76. The van der Waals surface area contributed by atoms with E-state index in [4.69, 9.17) is 0 Å². The van der Waals surface area contributed by atoms with Gasteiger partial charge in [0.2, 0.25) is 0 Å². The molecule has 3 rings (SSSR count). The highest BCUT2D eigenvalue weighted by atomic mass is 19.4. The van der Waals surface area contributed by atoms with Crippen LogP contribution in [0.2, 0.25) is 0 Å². The highest BCUT2D eigenvalue weighted by Gasteiger charge is 2.44. The van der Waals surface area contributed by atoms with Crippen LogP contribution in [0.25, 0.3) is 0 Å². The Morgan fingerprint density at radius 2 is 1.88 bits per heavy atom. The Kier molecular flexibility index (Phi) is 4.71. The molecule has 1 saturated carbocycles. The fraction of sp³-hybridized carbons (Fsp3) is 0.588. The summed E-state index contributed by atoms with van der Waals surface area (Å²) in [6.07, 6.45) is 0.246. The van der Waals surface area contributed by atoms with Crippen LogP contribution < -0.4 is 4.74 Å². The molecule has 7 heteroatoms. The first-order chi connectivity index (χ1) is 11.3. The number of likely N-dealkylation sites (tertiary alicyclic amines) is 1. The van der Waals surface area contributed by atoms with Crippen LogP contribution in [0.5, 0.6) is 5.75 Å². The van der Waals surface area contributed by atoms with Crippen molar-refractivity contribution in [2.75, 3.05) is 0 Å². The van der Waals surface area contributed by atoms with E-state index in [9.17, 15) is 23.1 Å². The van der Waals surface area contributed by atoms with Crippen molar-refractivity contribution < 1.29 is 27.8 Å². The van der Waals surface area contributed by atoms with Gasteiger partial charge in [-0.3, -0.25) is 9.69 Å². The molecule has 2 aliphatic rings. The lowest BCUT2D eigenvalue weighted by Gasteiger charge is -2.33. The summed E-state index contributed by atoms with van der Waals surface area (Å²) in [5.41, 5.74) is 0.794. The number of benzene rings is 1. The van der Waals surface area contributed by atoms with Crippen molar-refractivity contribution in [3.05, 3.63) is 29.8 Å². The molecule has 0 radical (unpaired) electrons. The van der Waals surface area contributed by atoms with Gasteiger partial charge in [-0.1, -0.05) is 25.0 Å². The van der Waals surface area contributed by atoms with Gasteiger partial charge in [-0.15, -0.1) is 13.2 Å². The first-order valence-electron chi connectivity index (χ1n) is 8.17. The van der Waals surface area contributed by atoms with Crippen LogP contribution in [0.1, 0.15) is 37.7 Å². The third-order valence-electron chi connectivity index (χ3n) is 5.03. The van der Waals surface area contributed by atoms with E-state index in [1.165, 1.54) is 12.1 Å². The number of rotatable bonds is 4. The first kappa shape index (κ1) is 17.1. The molecule has 2 fully saturated rings. The molecule has 1 aromatic rings. The molecule has 0 unspecified atom stereocenters. The maximum atomic E-state index is 12.2. The van der Waals surface area contributed by atoms with Gasteiger partial charge < -0.3 is 9.84 Å². The molecule has 0 aromatic heterocycles. The molecule has 0 amide bonds. The molecule has 3 atom stereocenters. The quantitative estimate of drug-likeness (QED) is 0.903. The van der Waals surface area contributed by atoms with Gasteiger partial charge in [0.25, 0.3) is 0 Å². The Morgan fingerprint density at radius 3 is 2.50 bits per heavy atom. The van der Waals surface area contributed by atoms with E-state index in [1.54, 1.807) is 12.1 Å². The minimum absolute atomic E-state index is 0.256. The number of hydrogen-bond donors (Lipinski definition) is 1. The van der Waals surface area contributed by atoms with Crippen LogP contribution in [-0.4, -0.2) is 34.4 Å². The molecule has 1 heterocycles. The molecule has 1 aromatic carbocycles. The summed E-state index contributed by atoms with van der Waals surface area (Å²) in [4.78, 5) is 13.6. The molecular formula is C17H20F3NO3. The predicted molar refractivity (Wildman–Crippen MR) is 80.5 cm³/mol. The van der Waals surface area contributed by atoms with Crippen molar-refractivity contribution in [3.8, 4) is 5.75 Å². The zero-order valence-corrected chi connectivity index (χ0v) is 13.1. The molecule has 1 saturated heterocycles. The van der Waals surface area contributed by atoms with Gasteiger partial charge >= 0.3 is 12.3 Å². The lowest BCUT2D eigenvalue weighted by Crippen LogP contribution is -2.41. The monoisotopic (exact) mass is 343 g/mol. The lowest BCUT2D eigenvalue weighted by atomic mass is 9.84. The highest BCUT2D eigenvalue weighted by molar-refractivity contribution is 5.74. The summed E-state index contributed by atoms with van der Waals surface area (Å²) < 4.78 is 40.5. The minimum Gasteiger partial charge on any atom is -0.480 e. The Balaban J connectivity index is 1.72. The summed E-state index contributed by atoms with van der Waals surface area (Å²) in [6, 6.07) is 5.42. The highest BCUT2D eigenvalue weighted by Crippen LogP contribution is 2.40. The normalized spacial score (nSPS) is 27.7. The topological polar surface area (TPSA) is 49.8 Å². The zero-order valence-electron chi connectivity index (χ0n) is 13.1. The number of hydrogen-bond acceptors (Lipinski definition) is 3. The zero-order chi connectivity index (χ0) is 17.3. The van der Waals surface area contributed by atoms with Gasteiger partial charge in [0, 0.05) is 12.6 Å². The van der Waals surface area contributed by atoms with Crippen molar-refractivity contribution in [1.29, 1.82) is 0 Å². The number of halogens is 3. The van der Waals surface area contributed by atoms with E-state index in [0.717, 1.165) is 31.2 Å². The van der Waals surface area contributed by atoms with E-state index in [0.29, 0.717) is 18.9 Å². The Labute approximate surface area is 138 Å². The fourth-order valence-corrected chi connectivity index (χ4v) is 4.03. The number of nitrogens with zero attached hydrogens (tertiary/aromatic N) is 1. The smallest absolute Gasteiger partial charge is 0.480 e. The van der Waals surface area contributed by atoms with Gasteiger partial charge in [0.1, 0.15) is 11.8 Å².